The number of rotatable bonds is 11. The number of carbonyl (C=O) groups is 2. The van der Waals surface area contributed by atoms with E-state index in [-0.39, 0.29) is 23.0 Å². The van der Waals surface area contributed by atoms with Gasteiger partial charge in [0, 0.05) is 12.1 Å². The largest absolute Gasteiger partial charge is 0.495 e. The van der Waals surface area contributed by atoms with Crippen LogP contribution in [0, 0.1) is 13.8 Å². The first-order valence-corrected chi connectivity index (χ1v) is 15.1. The molecule has 0 saturated carbocycles. The van der Waals surface area contributed by atoms with Gasteiger partial charge in [0.15, 0.2) is 0 Å². The minimum atomic E-state index is -4.19. The highest BCUT2D eigenvalue weighted by atomic mass is 32.2. The number of amides is 2. The van der Waals surface area contributed by atoms with Crippen LogP contribution in [-0.2, 0) is 26.2 Å². The standard InChI is InChI=1S/C32H41N3O5S/c1-8-27(31(37)33-32(4,5)6)34(21-25-17-14-23(2)15-18-25)30(36)22-35(28-20-24(3)16-19-29(28)40-7)41(38,39)26-12-10-9-11-13-26/h9-20,27H,8,21-22H2,1-7H3,(H,33,37)/t27-/m0/s1. The molecule has 3 rings (SSSR count). The number of nitrogens with zero attached hydrogens (tertiary/aromatic N) is 2. The van der Waals surface area contributed by atoms with Gasteiger partial charge in [-0.3, -0.25) is 13.9 Å². The molecule has 0 saturated heterocycles. The van der Waals surface area contributed by atoms with Gasteiger partial charge in [-0.1, -0.05) is 61.0 Å². The Morgan fingerprint density at radius 3 is 2.10 bits per heavy atom. The zero-order valence-electron chi connectivity index (χ0n) is 25.0. The molecule has 1 atom stereocenters. The summed E-state index contributed by atoms with van der Waals surface area (Å²) in [6.07, 6.45) is 0.346. The fourth-order valence-electron chi connectivity index (χ4n) is 4.49. The Morgan fingerprint density at radius 2 is 1.54 bits per heavy atom. The molecule has 1 N–H and O–H groups in total. The zero-order valence-corrected chi connectivity index (χ0v) is 25.8. The molecule has 0 fully saturated rings. The smallest absolute Gasteiger partial charge is 0.264 e. The quantitative estimate of drug-likeness (QED) is 0.336. The van der Waals surface area contributed by atoms with Crippen LogP contribution in [0.1, 0.15) is 50.8 Å². The molecule has 8 nitrogen and oxygen atoms in total. The van der Waals surface area contributed by atoms with Crippen LogP contribution in [0.5, 0.6) is 5.75 Å². The highest BCUT2D eigenvalue weighted by Gasteiger charge is 2.35. The van der Waals surface area contributed by atoms with Gasteiger partial charge in [0.1, 0.15) is 18.3 Å². The molecule has 3 aromatic rings. The molecule has 0 bridgehead atoms. The van der Waals surface area contributed by atoms with E-state index >= 15 is 0 Å². The minimum absolute atomic E-state index is 0.0407. The van der Waals surface area contributed by atoms with E-state index in [0.717, 1.165) is 21.0 Å². The molecule has 0 aliphatic rings. The first-order chi connectivity index (χ1) is 19.3. The normalized spacial score (nSPS) is 12.4. The summed E-state index contributed by atoms with van der Waals surface area (Å²) in [6, 6.07) is 20.0. The number of aryl methyl sites for hydroxylation is 2. The first-order valence-electron chi connectivity index (χ1n) is 13.7. The molecule has 0 aliphatic carbocycles. The highest BCUT2D eigenvalue weighted by molar-refractivity contribution is 7.92. The van der Waals surface area contributed by atoms with E-state index in [9.17, 15) is 18.0 Å². The number of nitrogens with one attached hydrogen (secondary N) is 1. The Morgan fingerprint density at radius 1 is 0.927 bits per heavy atom. The van der Waals surface area contributed by atoms with Crippen molar-refractivity contribution in [3.63, 3.8) is 0 Å². The van der Waals surface area contributed by atoms with E-state index in [1.165, 1.54) is 24.1 Å². The van der Waals surface area contributed by atoms with E-state index in [1.807, 2.05) is 71.9 Å². The number of hydrogen-bond acceptors (Lipinski definition) is 5. The van der Waals surface area contributed by atoms with Crippen LogP contribution < -0.4 is 14.4 Å². The van der Waals surface area contributed by atoms with Crippen molar-refractivity contribution in [2.75, 3.05) is 18.0 Å². The lowest BCUT2D eigenvalue weighted by Gasteiger charge is -2.35. The molecule has 0 spiro atoms. The summed E-state index contributed by atoms with van der Waals surface area (Å²) in [5.41, 5.74) is 2.43. The van der Waals surface area contributed by atoms with Crippen LogP contribution in [0.15, 0.2) is 77.7 Å². The Kier molecular flexibility index (Phi) is 10.2. The van der Waals surface area contributed by atoms with Crippen LogP contribution in [0.25, 0.3) is 0 Å². The summed E-state index contributed by atoms with van der Waals surface area (Å²) in [5.74, 6) is -0.499. The van der Waals surface area contributed by atoms with Crippen molar-refractivity contribution in [1.82, 2.24) is 10.2 Å². The van der Waals surface area contributed by atoms with Crippen LogP contribution in [-0.4, -0.2) is 50.4 Å². The molecule has 9 heteroatoms. The molecule has 2 amide bonds. The average Bonchev–Trinajstić information content (AvgIpc) is 2.92. The van der Waals surface area contributed by atoms with Crippen molar-refractivity contribution in [3.8, 4) is 5.75 Å². The number of carbonyl (C=O) groups excluding carboxylic acids is 2. The van der Waals surface area contributed by atoms with Crippen molar-refractivity contribution >= 4 is 27.5 Å². The molecule has 0 radical (unpaired) electrons. The fraction of sp³-hybridized carbons (Fsp3) is 0.375. The zero-order chi connectivity index (χ0) is 30.4. The summed E-state index contributed by atoms with van der Waals surface area (Å²) in [5, 5.41) is 2.98. The predicted molar refractivity (Wildman–Crippen MR) is 162 cm³/mol. The van der Waals surface area contributed by atoms with Crippen LogP contribution in [0.2, 0.25) is 0 Å². The topological polar surface area (TPSA) is 96.0 Å². The third-order valence-corrected chi connectivity index (χ3v) is 8.34. The van der Waals surface area contributed by atoms with Crippen LogP contribution in [0.3, 0.4) is 0 Å². The number of anilines is 1. The lowest BCUT2D eigenvalue weighted by atomic mass is 10.1. The van der Waals surface area contributed by atoms with Gasteiger partial charge in [0.05, 0.1) is 17.7 Å². The summed E-state index contributed by atoms with van der Waals surface area (Å²) in [7, 11) is -2.73. The van der Waals surface area contributed by atoms with E-state index in [2.05, 4.69) is 5.32 Å². The molecular formula is C32H41N3O5S. The maximum absolute atomic E-state index is 14.2. The van der Waals surface area contributed by atoms with Gasteiger partial charge in [0.25, 0.3) is 10.0 Å². The fourth-order valence-corrected chi connectivity index (χ4v) is 5.93. The Labute approximate surface area is 244 Å². The molecule has 0 aromatic heterocycles. The maximum Gasteiger partial charge on any atom is 0.264 e. The second-order valence-corrected chi connectivity index (χ2v) is 13.0. The second kappa shape index (κ2) is 13.2. The molecule has 220 valence electrons. The van der Waals surface area contributed by atoms with Crippen molar-refractivity contribution in [2.24, 2.45) is 0 Å². The van der Waals surface area contributed by atoms with E-state index < -0.39 is 34.1 Å². The van der Waals surface area contributed by atoms with Crippen molar-refractivity contribution < 1.29 is 22.7 Å². The molecule has 0 heterocycles. The van der Waals surface area contributed by atoms with Crippen LogP contribution in [0.4, 0.5) is 5.69 Å². The van der Waals surface area contributed by atoms with Crippen molar-refractivity contribution in [2.45, 2.75) is 71.0 Å². The number of methoxy groups -OCH3 is 1. The third kappa shape index (κ3) is 8.10. The summed E-state index contributed by atoms with van der Waals surface area (Å²) >= 11 is 0. The Hall–Kier alpha value is -3.85. The Balaban J connectivity index is 2.12. The highest BCUT2D eigenvalue weighted by Crippen LogP contribution is 2.33. The van der Waals surface area contributed by atoms with Crippen LogP contribution >= 0.6 is 0 Å². The number of ether oxygens (including phenoxy) is 1. The van der Waals surface area contributed by atoms with E-state index in [4.69, 9.17) is 4.74 Å². The minimum Gasteiger partial charge on any atom is -0.495 e. The number of benzene rings is 3. The van der Waals surface area contributed by atoms with Gasteiger partial charge in [0.2, 0.25) is 11.8 Å². The van der Waals surface area contributed by atoms with Crippen molar-refractivity contribution in [3.05, 3.63) is 89.5 Å². The van der Waals surface area contributed by atoms with Gasteiger partial charge < -0.3 is 15.0 Å². The van der Waals surface area contributed by atoms with Gasteiger partial charge in [-0.25, -0.2) is 8.42 Å². The van der Waals surface area contributed by atoms with Gasteiger partial charge >= 0.3 is 0 Å². The lowest BCUT2D eigenvalue weighted by Crippen LogP contribution is -2.55. The number of sulfonamides is 1. The van der Waals surface area contributed by atoms with Crippen molar-refractivity contribution in [1.29, 1.82) is 0 Å². The average molecular weight is 580 g/mol. The van der Waals surface area contributed by atoms with Gasteiger partial charge in [-0.05, 0) is 76.4 Å². The number of hydrogen-bond donors (Lipinski definition) is 1. The first kappa shape index (κ1) is 31.7. The van der Waals surface area contributed by atoms with E-state index in [0.29, 0.717) is 12.2 Å². The SMILES string of the molecule is CC[C@@H](C(=O)NC(C)(C)C)N(Cc1ccc(C)cc1)C(=O)CN(c1cc(C)ccc1OC)S(=O)(=O)c1ccccc1. The second-order valence-electron chi connectivity index (χ2n) is 11.2. The third-order valence-electron chi connectivity index (χ3n) is 6.57. The summed E-state index contributed by atoms with van der Waals surface area (Å²) in [6.45, 7) is 10.9. The molecular weight excluding hydrogens is 538 g/mol. The monoisotopic (exact) mass is 579 g/mol. The molecule has 0 unspecified atom stereocenters. The molecule has 0 aliphatic heterocycles. The summed E-state index contributed by atoms with van der Waals surface area (Å²) < 4.78 is 34.7. The Bertz CT molecular complexity index is 1450. The molecule has 3 aromatic carbocycles. The van der Waals surface area contributed by atoms with Gasteiger partial charge in [-0.15, -0.1) is 0 Å². The predicted octanol–water partition coefficient (Wildman–Crippen LogP) is 5.23. The maximum atomic E-state index is 14.2. The van der Waals surface area contributed by atoms with E-state index in [1.54, 1.807) is 30.3 Å². The van der Waals surface area contributed by atoms with Gasteiger partial charge in [-0.2, -0.15) is 0 Å². The summed E-state index contributed by atoms with van der Waals surface area (Å²) in [4.78, 5) is 29.2. The lowest BCUT2D eigenvalue weighted by molar-refractivity contribution is -0.141. The molecule has 41 heavy (non-hydrogen) atoms.